The first-order chi connectivity index (χ1) is 3.55. The monoisotopic (exact) mass is 245 g/mol. The molecule has 1 N–H and O–H groups in total. The molecule has 0 bridgehead atoms. The molecule has 5 heteroatoms. The standard InChI is InChI=1S/C3H5Br2NO2/c1-2(3(7)8)6(4)5/h2H,1H3,(H,7,8). The van der Waals surface area contributed by atoms with Crippen LogP contribution in [-0.2, 0) is 4.79 Å². The molecular formula is C3H5Br2NO2. The van der Waals surface area contributed by atoms with Crippen LogP contribution in [0.4, 0.5) is 0 Å². The molecule has 0 aliphatic carbocycles. The molecule has 0 fully saturated rings. The van der Waals surface area contributed by atoms with Crippen molar-refractivity contribution in [2.45, 2.75) is 13.0 Å². The summed E-state index contributed by atoms with van der Waals surface area (Å²) < 4.78 is 1.27. The van der Waals surface area contributed by atoms with E-state index in [0.29, 0.717) is 0 Å². The van der Waals surface area contributed by atoms with Crippen LogP contribution < -0.4 is 0 Å². The van der Waals surface area contributed by atoms with Gasteiger partial charge in [-0.15, -0.1) is 0 Å². The lowest BCUT2D eigenvalue weighted by atomic mass is 10.4. The van der Waals surface area contributed by atoms with Crippen molar-refractivity contribution >= 4 is 38.3 Å². The lowest BCUT2D eigenvalue weighted by molar-refractivity contribution is -0.139. The topological polar surface area (TPSA) is 40.5 Å². The minimum Gasteiger partial charge on any atom is -0.480 e. The second kappa shape index (κ2) is 3.42. The zero-order valence-electron chi connectivity index (χ0n) is 4.14. The van der Waals surface area contributed by atoms with Gasteiger partial charge in [0.2, 0.25) is 0 Å². The van der Waals surface area contributed by atoms with E-state index in [2.05, 4.69) is 32.3 Å². The Hall–Kier alpha value is 0.390. The largest absolute Gasteiger partial charge is 0.480 e. The maximum absolute atomic E-state index is 10.0. The van der Waals surface area contributed by atoms with Crippen molar-refractivity contribution in [3.63, 3.8) is 0 Å². The highest BCUT2D eigenvalue weighted by Gasteiger charge is 2.14. The molecule has 0 aliphatic heterocycles. The van der Waals surface area contributed by atoms with Gasteiger partial charge in [0, 0.05) is 32.3 Å². The van der Waals surface area contributed by atoms with Gasteiger partial charge in [0.05, 0.1) is 0 Å². The van der Waals surface area contributed by atoms with Gasteiger partial charge in [-0.1, -0.05) is 0 Å². The smallest absolute Gasteiger partial charge is 0.322 e. The Kier molecular flexibility index (Phi) is 3.59. The molecule has 0 heterocycles. The second-order valence-electron chi connectivity index (χ2n) is 1.27. The first-order valence-electron chi connectivity index (χ1n) is 1.89. The summed E-state index contributed by atoms with van der Waals surface area (Å²) in [6.45, 7) is 1.55. The van der Waals surface area contributed by atoms with Crippen molar-refractivity contribution in [2.75, 3.05) is 0 Å². The van der Waals surface area contributed by atoms with E-state index in [9.17, 15) is 4.79 Å². The van der Waals surface area contributed by atoms with Crippen LogP contribution in [-0.4, -0.2) is 20.1 Å². The van der Waals surface area contributed by atoms with Crippen LogP contribution in [0.2, 0.25) is 0 Å². The van der Waals surface area contributed by atoms with Gasteiger partial charge in [-0.2, -0.15) is 2.95 Å². The van der Waals surface area contributed by atoms with Gasteiger partial charge < -0.3 is 5.11 Å². The predicted octanol–water partition coefficient (Wildman–Crippen LogP) is 1.38. The third-order valence-electron chi connectivity index (χ3n) is 0.650. The molecule has 0 amide bonds. The first kappa shape index (κ1) is 8.39. The fraction of sp³-hybridized carbons (Fsp3) is 0.667. The summed E-state index contributed by atoms with van der Waals surface area (Å²) in [5.74, 6) is -0.876. The summed E-state index contributed by atoms with van der Waals surface area (Å²) in [5, 5.41) is 8.25. The van der Waals surface area contributed by atoms with E-state index >= 15 is 0 Å². The highest BCUT2D eigenvalue weighted by molar-refractivity contribution is 9.21. The fourth-order valence-corrected chi connectivity index (χ4v) is 0.434. The Balaban J connectivity index is 3.64. The molecule has 0 aromatic carbocycles. The quantitative estimate of drug-likeness (QED) is 0.749. The van der Waals surface area contributed by atoms with Gasteiger partial charge in [-0.3, -0.25) is 4.79 Å². The van der Waals surface area contributed by atoms with Gasteiger partial charge in [0.25, 0.3) is 0 Å². The summed E-state index contributed by atoms with van der Waals surface area (Å²) in [6.07, 6.45) is 0. The van der Waals surface area contributed by atoms with E-state index in [1.54, 1.807) is 6.92 Å². The molecule has 48 valence electrons. The number of carboxylic acids is 1. The van der Waals surface area contributed by atoms with E-state index < -0.39 is 12.0 Å². The van der Waals surface area contributed by atoms with Crippen molar-refractivity contribution in [3.8, 4) is 0 Å². The number of halogens is 2. The normalized spacial score (nSPS) is 14.0. The van der Waals surface area contributed by atoms with Crippen molar-refractivity contribution in [1.82, 2.24) is 2.95 Å². The Bertz CT molecular complexity index is 95.3. The molecule has 1 unspecified atom stereocenters. The summed E-state index contributed by atoms with van der Waals surface area (Å²) in [7, 11) is 0. The molecule has 0 aliphatic rings. The fourth-order valence-electron chi connectivity index (χ4n) is 0.0835. The van der Waals surface area contributed by atoms with E-state index in [1.807, 2.05) is 0 Å². The van der Waals surface area contributed by atoms with Crippen LogP contribution in [0.15, 0.2) is 0 Å². The molecule has 1 atom stereocenters. The summed E-state index contributed by atoms with van der Waals surface area (Å²) in [6, 6.07) is -0.546. The molecule has 0 aromatic rings. The highest BCUT2D eigenvalue weighted by atomic mass is 79.9. The molecule has 0 spiro atoms. The van der Waals surface area contributed by atoms with Crippen LogP contribution in [0.1, 0.15) is 6.92 Å². The maximum atomic E-state index is 10.0. The number of carboxylic acid groups (broad SMARTS) is 1. The number of aliphatic carboxylic acids is 1. The average Bonchev–Trinajstić information content (AvgIpc) is 1.64. The first-order valence-corrected chi connectivity index (χ1v) is 3.31. The second-order valence-corrected chi connectivity index (χ2v) is 3.75. The van der Waals surface area contributed by atoms with Crippen LogP contribution >= 0.6 is 32.3 Å². The van der Waals surface area contributed by atoms with Crippen molar-refractivity contribution in [3.05, 3.63) is 0 Å². The van der Waals surface area contributed by atoms with Crippen molar-refractivity contribution in [2.24, 2.45) is 0 Å². The Labute approximate surface area is 64.3 Å². The summed E-state index contributed by atoms with van der Waals surface area (Å²) in [4.78, 5) is 10.0. The predicted molar refractivity (Wildman–Crippen MR) is 36.8 cm³/mol. The molecule has 0 saturated carbocycles. The number of hydrogen-bond acceptors (Lipinski definition) is 2. The minimum absolute atomic E-state index is 0.546. The van der Waals surface area contributed by atoms with E-state index in [0.717, 1.165) is 0 Å². The molecule has 8 heavy (non-hydrogen) atoms. The maximum Gasteiger partial charge on any atom is 0.322 e. The Morgan fingerprint density at radius 1 is 1.75 bits per heavy atom. The van der Waals surface area contributed by atoms with E-state index in [1.165, 1.54) is 2.95 Å². The lowest BCUT2D eigenvalue weighted by Gasteiger charge is -2.07. The minimum atomic E-state index is -0.876. The third-order valence-corrected chi connectivity index (χ3v) is 1.88. The van der Waals surface area contributed by atoms with Crippen LogP contribution in [0.3, 0.4) is 0 Å². The van der Waals surface area contributed by atoms with Gasteiger partial charge >= 0.3 is 5.97 Å². The van der Waals surface area contributed by atoms with Gasteiger partial charge in [0.15, 0.2) is 0 Å². The zero-order chi connectivity index (χ0) is 6.73. The SMILES string of the molecule is CC(C(=O)O)N(Br)Br. The summed E-state index contributed by atoms with van der Waals surface area (Å²) >= 11 is 5.82. The number of rotatable bonds is 2. The molecule has 3 nitrogen and oxygen atoms in total. The van der Waals surface area contributed by atoms with Crippen LogP contribution in [0.5, 0.6) is 0 Å². The number of hydrogen-bond donors (Lipinski definition) is 1. The van der Waals surface area contributed by atoms with E-state index in [-0.39, 0.29) is 0 Å². The van der Waals surface area contributed by atoms with Crippen LogP contribution in [0, 0.1) is 0 Å². The third kappa shape index (κ3) is 2.64. The van der Waals surface area contributed by atoms with Crippen LogP contribution in [0.25, 0.3) is 0 Å². The number of nitrogens with zero attached hydrogens (tertiary/aromatic N) is 1. The zero-order valence-corrected chi connectivity index (χ0v) is 7.31. The van der Waals surface area contributed by atoms with Gasteiger partial charge in [-0.05, 0) is 6.92 Å². The van der Waals surface area contributed by atoms with Gasteiger partial charge in [0.1, 0.15) is 6.04 Å². The van der Waals surface area contributed by atoms with Gasteiger partial charge in [-0.25, -0.2) is 0 Å². The molecule has 0 radical (unpaired) electrons. The Morgan fingerprint density at radius 3 is 2.12 bits per heavy atom. The molecular weight excluding hydrogens is 242 g/mol. The van der Waals surface area contributed by atoms with E-state index in [4.69, 9.17) is 5.11 Å². The van der Waals surface area contributed by atoms with Crippen molar-refractivity contribution < 1.29 is 9.90 Å². The average molecular weight is 247 g/mol. The summed E-state index contributed by atoms with van der Waals surface area (Å²) in [5.41, 5.74) is 0. The molecule has 0 saturated heterocycles. The Morgan fingerprint density at radius 2 is 2.12 bits per heavy atom. The lowest BCUT2D eigenvalue weighted by Crippen LogP contribution is -2.24. The van der Waals surface area contributed by atoms with Crippen molar-refractivity contribution in [1.29, 1.82) is 0 Å². The number of carbonyl (C=O) groups is 1. The highest BCUT2D eigenvalue weighted by Crippen LogP contribution is 2.10. The molecule has 0 aromatic heterocycles. The molecule has 0 rings (SSSR count).